The van der Waals surface area contributed by atoms with E-state index < -0.39 is 10.0 Å². The Hall–Kier alpha value is -1.13. The second-order valence-electron chi connectivity index (χ2n) is 4.26. The second kappa shape index (κ2) is 6.87. The Morgan fingerprint density at radius 3 is 2.63 bits per heavy atom. The third kappa shape index (κ3) is 4.80. The molecule has 0 bridgehead atoms. The summed E-state index contributed by atoms with van der Waals surface area (Å²) in [5.74, 6) is 0. The lowest BCUT2D eigenvalue weighted by molar-refractivity contribution is 0.559. The standard InChI is InChI=1S/C12H16ClN3O2S/c1-9(2)15-5-6-16-19(17,18)12-7-11(13)4-3-10(12)8-14/h3-4,7,9,15-16H,5-6H2,1-2H3. The van der Waals surface area contributed by atoms with Gasteiger partial charge in [0.25, 0.3) is 0 Å². The van der Waals surface area contributed by atoms with Crippen molar-refractivity contribution in [3.05, 3.63) is 28.8 Å². The van der Waals surface area contributed by atoms with E-state index in [0.29, 0.717) is 6.54 Å². The first-order chi connectivity index (χ1) is 8.86. The summed E-state index contributed by atoms with van der Waals surface area (Å²) < 4.78 is 26.6. The van der Waals surface area contributed by atoms with Gasteiger partial charge in [0, 0.05) is 24.2 Å². The van der Waals surface area contributed by atoms with E-state index in [1.54, 1.807) is 0 Å². The van der Waals surface area contributed by atoms with Gasteiger partial charge in [-0.25, -0.2) is 13.1 Å². The van der Waals surface area contributed by atoms with Crippen LogP contribution in [0.15, 0.2) is 23.1 Å². The highest BCUT2D eigenvalue weighted by atomic mass is 35.5. The Balaban J connectivity index is 2.83. The van der Waals surface area contributed by atoms with E-state index in [0.717, 1.165) is 0 Å². The quantitative estimate of drug-likeness (QED) is 0.780. The second-order valence-corrected chi connectivity index (χ2v) is 6.43. The number of nitriles is 1. The topological polar surface area (TPSA) is 82.0 Å². The van der Waals surface area contributed by atoms with Gasteiger partial charge in [-0.15, -0.1) is 0 Å². The molecule has 0 radical (unpaired) electrons. The van der Waals surface area contributed by atoms with Gasteiger partial charge in [-0.05, 0) is 18.2 Å². The van der Waals surface area contributed by atoms with Crippen molar-refractivity contribution in [1.82, 2.24) is 10.0 Å². The summed E-state index contributed by atoms with van der Waals surface area (Å²) in [6.45, 7) is 4.70. The Morgan fingerprint density at radius 2 is 2.05 bits per heavy atom. The lowest BCUT2D eigenvalue weighted by Crippen LogP contribution is -2.34. The molecule has 2 N–H and O–H groups in total. The molecule has 1 aromatic rings. The highest BCUT2D eigenvalue weighted by Gasteiger charge is 2.18. The zero-order valence-corrected chi connectivity index (χ0v) is 12.3. The highest BCUT2D eigenvalue weighted by Crippen LogP contribution is 2.19. The molecular weight excluding hydrogens is 286 g/mol. The van der Waals surface area contributed by atoms with Crippen LogP contribution in [0.3, 0.4) is 0 Å². The number of sulfonamides is 1. The molecule has 19 heavy (non-hydrogen) atoms. The van der Waals surface area contributed by atoms with E-state index in [4.69, 9.17) is 16.9 Å². The van der Waals surface area contributed by atoms with E-state index >= 15 is 0 Å². The number of hydrogen-bond donors (Lipinski definition) is 2. The summed E-state index contributed by atoms with van der Waals surface area (Å²) in [4.78, 5) is -0.0907. The molecule has 0 amide bonds. The Labute approximate surface area is 118 Å². The van der Waals surface area contributed by atoms with Gasteiger partial charge < -0.3 is 5.32 Å². The van der Waals surface area contributed by atoms with Crippen LogP contribution in [0.25, 0.3) is 0 Å². The lowest BCUT2D eigenvalue weighted by atomic mass is 10.2. The van der Waals surface area contributed by atoms with Gasteiger partial charge in [0.15, 0.2) is 0 Å². The van der Waals surface area contributed by atoms with Crippen LogP contribution in [0.4, 0.5) is 0 Å². The van der Waals surface area contributed by atoms with Crippen molar-refractivity contribution in [2.45, 2.75) is 24.8 Å². The van der Waals surface area contributed by atoms with Crippen LogP contribution in [0, 0.1) is 11.3 Å². The Morgan fingerprint density at radius 1 is 1.37 bits per heavy atom. The van der Waals surface area contributed by atoms with E-state index in [-0.39, 0.29) is 28.1 Å². The number of benzene rings is 1. The molecule has 7 heteroatoms. The fourth-order valence-corrected chi connectivity index (χ4v) is 2.88. The fraction of sp³-hybridized carbons (Fsp3) is 0.417. The maximum Gasteiger partial charge on any atom is 0.241 e. The molecule has 1 rings (SSSR count). The van der Waals surface area contributed by atoms with Crippen molar-refractivity contribution >= 4 is 21.6 Å². The molecule has 0 saturated carbocycles. The first-order valence-corrected chi connectivity index (χ1v) is 7.65. The summed E-state index contributed by atoms with van der Waals surface area (Å²) in [5.41, 5.74) is 0.0775. The van der Waals surface area contributed by atoms with Crippen molar-refractivity contribution in [2.24, 2.45) is 0 Å². The van der Waals surface area contributed by atoms with Crippen LogP contribution < -0.4 is 10.0 Å². The van der Waals surface area contributed by atoms with Gasteiger partial charge in [-0.1, -0.05) is 25.4 Å². The lowest BCUT2D eigenvalue weighted by Gasteiger charge is -2.10. The monoisotopic (exact) mass is 301 g/mol. The molecule has 0 fully saturated rings. The minimum absolute atomic E-state index is 0.0775. The van der Waals surface area contributed by atoms with Gasteiger partial charge in [-0.2, -0.15) is 5.26 Å². The van der Waals surface area contributed by atoms with E-state index in [1.807, 2.05) is 19.9 Å². The maximum absolute atomic E-state index is 12.1. The predicted molar refractivity (Wildman–Crippen MR) is 74.5 cm³/mol. The van der Waals surface area contributed by atoms with Gasteiger partial charge >= 0.3 is 0 Å². The third-order valence-electron chi connectivity index (χ3n) is 2.32. The van der Waals surface area contributed by atoms with Crippen molar-refractivity contribution in [1.29, 1.82) is 5.26 Å². The molecule has 0 aromatic heterocycles. The SMILES string of the molecule is CC(C)NCCNS(=O)(=O)c1cc(Cl)ccc1C#N. The largest absolute Gasteiger partial charge is 0.313 e. The molecule has 0 aliphatic rings. The summed E-state index contributed by atoms with van der Waals surface area (Å²) in [6.07, 6.45) is 0. The number of nitrogens with one attached hydrogen (secondary N) is 2. The first-order valence-electron chi connectivity index (χ1n) is 5.79. The average molecular weight is 302 g/mol. The normalized spacial score (nSPS) is 11.5. The predicted octanol–water partition coefficient (Wildman–Crippen LogP) is 1.49. The summed E-state index contributed by atoms with van der Waals surface area (Å²) >= 11 is 5.77. The number of halogens is 1. The molecule has 1 aromatic carbocycles. The van der Waals surface area contributed by atoms with Crippen molar-refractivity contribution in [2.75, 3.05) is 13.1 Å². The van der Waals surface area contributed by atoms with Crippen LogP contribution in [-0.2, 0) is 10.0 Å². The summed E-state index contributed by atoms with van der Waals surface area (Å²) in [6, 6.07) is 6.28. The van der Waals surface area contributed by atoms with Gasteiger partial charge in [0.2, 0.25) is 10.0 Å². The molecule has 104 valence electrons. The van der Waals surface area contributed by atoms with Gasteiger partial charge in [0.1, 0.15) is 11.0 Å². The first kappa shape index (κ1) is 15.9. The molecular formula is C12H16ClN3O2S. The van der Waals surface area contributed by atoms with Crippen LogP contribution >= 0.6 is 11.6 Å². The van der Waals surface area contributed by atoms with Gasteiger partial charge in [-0.3, -0.25) is 0 Å². The molecule has 0 spiro atoms. The molecule has 0 aliphatic carbocycles. The number of hydrogen-bond acceptors (Lipinski definition) is 4. The van der Waals surface area contributed by atoms with Crippen LogP contribution in [-0.4, -0.2) is 27.5 Å². The van der Waals surface area contributed by atoms with E-state index in [1.165, 1.54) is 18.2 Å². The fourth-order valence-electron chi connectivity index (χ4n) is 1.43. The van der Waals surface area contributed by atoms with Crippen molar-refractivity contribution in [3.8, 4) is 6.07 Å². The van der Waals surface area contributed by atoms with Crippen LogP contribution in [0.5, 0.6) is 0 Å². The molecule has 0 saturated heterocycles. The third-order valence-corrected chi connectivity index (χ3v) is 4.06. The zero-order valence-electron chi connectivity index (χ0n) is 10.8. The Kier molecular flexibility index (Phi) is 5.76. The summed E-state index contributed by atoms with van der Waals surface area (Å²) in [7, 11) is -3.72. The minimum Gasteiger partial charge on any atom is -0.313 e. The number of nitrogens with zero attached hydrogens (tertiary/aromatic N) is 1. The molecule has 0 aliphatic heterocycles. The maximum atomic E-state index is 12.1. The van der Waals surface area contributed by atoms with Crippen molar-refractivity contribution < 1.29 is 8.42 Å². The van der Waals surface area contributed by atoms with E-state index in [2.05, 4.69) is 10.0 Å². The highest BCUT2D eigenvalue weighted by molar-refractivity contribution is 7.89. The Bertz CT molecular complexity index is 579. The van der Waals surface area contributed by atoms with Gasteiger partial charge in [0.05, 0.1) is 5.56 Å². The van der Waals surface area contributed by atoms with Crippen LogP contribution in [0.2, 0.25) is 5.02 Å². The molecule has 0 atom stereocenters. The minimum atomic E-state index is -3.72. The van der Waals surface area contributed by atoms with Crippen molar-refractivity contribution in [3.63, 3.8) is 0 Å². The van der Waals surface area contributed by atoms with E-state index in [9.17, 15) is 8.42 Å². The molecule has 0 heterocycles. The smallest absolute Gasteiger partial charge is 0.241 e. The number of rotatable bonds is 6. The molecule has 0 unspecified atom stereocenters. The molecule has 5 nitrogen and oxygen atoms in total. The zero-order chi connectivity index (χ0) is 14.5. The summed E-state index contributed by atoms with van der Waals surface area (Å²) in [5, 5.41) is 12.3. The van der Waals surface area contributed by atoms with Crippen LogP contribution in [0.1, 0.15) is 19.4 Å². The average Bonchev–Trinajstić information content (AvgIpc) is 2.34.